The molecule has 0 radical (unpaired) electrons. The first-order valence-corrected chi connectivity index (χ1v) is 6.56. The Morgan fingerprint density at radius 3 is 2.75 bits per heavy atom. The molecular formula is C13H11N3O3S. The number of thiophene rings is 1. The van der Waals surface area contributed by atoms with E-state index < -0.39 is 4.92 Å². The van der Waals surface area contributed by atoms with Gasteiger partial charge in [-0.3, -0.25) is 19.9 Å². The Balaban J connectivity index is 1.87. The van der Waals surface area contributed by atoms with Gasteiger partial charge in [-0.25, -0.2) is 0 Å². The number of hydrogen-bond acceptors (Lipinski definition) is 5. The summed E-state index contributed by atoms with van der Waals surface area (Å²) in [5.41, 5.74) is 0.952. The lowest BCUT2D eigenvalue weighted by molar-refractivity contribution is -0.380. The normalized spacial score (nSPS) is 10.6. The first-order valence-electron chi connectivity index (χ1n) is 5.74. The molecule has 2 aromatic heterocycles. The highest BCUT2D eigenvalue weighted by Gasteiger charge is 2.07. The van der Waals surface area contributed by atoms with Crippen molar-refractivity contribution in [2.75, 3.05) is 0 Å². The van der Waals surface area contributed by atoms with E-state index in [9.17, 15) is 14.9 Å². The van der Waals surface area contributed by atoms with Crippen molar-refractivity contribution >= 4 is 28.3 Å². The molecule has 0 atom stereocenters. The van der Waals surface area contributed by atoms with Gasteiger partial charge in [0.05, 0.1) is 4.92 Å². The van der Waals surface area contributed by atoms with Crippen molar-refractivity contribution in [2.24, 2.45) is 0 Å². The van der Waals surface area contributed by atoms with Gasteiger partial charge in [0.1, 0.15) is 0 Å². The van der Waals surface area contributed by atoms with Crippen LogP contribution in [0.3, 0.4) is 0 Å². The Hall–Kier alpha value is -2.54. The Kier molecular flexibility index (Phi) is 4.56. The maximum Gasteiger partial charge on any atom is 0.324 e. The summed E-state index contributed by atoms with van der Waals surface area (Å²) in [6, 6.07) is 6.65. The average molecular weight is 289 g/mol. The van der Waals surface area contributed by atoms with E-state index in [1.54, 1.807) is 24.5 Å². The molecule has 0 spiro atoms. The number of nitrogens with one attached hydrogen (secondary N) is 1. The minimum atomic E-state index is -0.453. The summed E-state index contributed by atoms with van der Waals surface area (Å²) in [6.45, 7) is 0.413. The third kappa shape index (κ3) is 3.99. The van der Waals surface area contributed by atoms with E-state index in [4.69, 9.17) is 0 Å². The second-order valence-electron chi connectivity index (χ2n) is 3.84. The number of amides is 1. The molecule has 0 aliphatic rings. The van der Waals surface area contributed by atoms with Gasteiger partial charge in [-0.1, -0.05) is 11.3 Å². The highest BCUT2D eigenvalue weighted by molar-refractivity contribution is 7.16. The maximum atomic E-state index is 11.6. The standard InChI is InChI=1S/C13H11N3O3S/c17-12(15-9-10-5-7-14-8-6-10)3-1-11-2-4-13(20-11)16(18)19/h1-8H,9H2,(H,15,17)/b3-1+. The third-order valence-electron chi connectivity index (χ3n) is 2.41. The lowest BCUT2D eigenvalue weighted by Gasteiger charge is -2.01. The SMILES string of the molecule is O=C(/C=C/c1ccc([N+](=O)[O-])s1)NCc1ccncc1. The fourth-order valence-corrected chi connectivity index (χ4v) is 2.16. The molecule has 2 aromatic rings. The topological polar surface area (TPSA) is 85.1 Å². The molecule has 2 rings (SSSR count). The molecule has 102 valence electrons. The van der Waals surface area contributed by atoms with E-state index in [-0.39, 0.29) is 10.9 Å². The lowest BCUT2D eigenvalue weighted by Crippen LogP contribution is -2.20. The van der Waals surface area contributed by atoms with Gasteiger partial charge in [0.15, 0.2) is 0 Å². The van der Waals surface area contributed by atoms with Gasteiger partial charge in [-0.05, 0) is 29.8 Å². The summed E-state index contributed by atoms with van der Waals surface area (Å²) >= 11 is 1.02. The number of rotatable bonds is 5. The van der Waals surface area contributed by atoms with E-state index in [0.717, 1.165) is 16.9 Å². The molecule has 0 bridgehead atoms. The Bertz CT molecular complexity index is 637. The minimum absolute atomic E-state index is 0.0573. The van der Waals surface area contributed by atoms with Crippen molar-refractivity contribution in [3.63, 3.8) is 0 Å². The monoisotopic (exact) mass is 289 g/mol. The Morgan fingerprint density at radius 1 is 1.35 bits per heavy atom. The van der Waals surface area contributed by atoms with Crippen LogP contribution in [0.1, 0.15) is 10.4 Å². The third-order valence-corrected chi connectivity index (χ3v) is 3.41. The van der Waals surface area contributed by atoms with Gasteiger partial charge in [0, 0.05) is 36.0 Å². The van der Waals surface area contributed by atoms with Crippen molar-refractivity contribution < 1.29 is 9.72 Å². The molecule has 20 heavy (non-hydrogen) atoms. The summed E-state index contributed by atoms with van der Waals surface area (Å²) in [6.07, 6.45) is 6.22. The molecular weight excluding hydrogens is 278 g/mol. The quantitative estimate of drug-likeness (QED) is 0.520. The molecule has 0 fully saturated rings. The maximum absolute atomic E-state index is 11.6. The van der Waals surface area contributed by atoms with E-state index in [0.29, 0.717) is 11.4 Å². The molecule has 0 saturated carbocycles. The van der Waals surface area contributed by atoms with Crippen LogP contribution in [-0.4, -0.2) is 15.8 Å². The summed E-state index contributed by atoms with van der Waals surface area (Å²) in [5, 5.41) is 13.3. The van der Waals surface area contributed by atoms with E-state index in [2.05, 4.69) is 10.3 Å². The fourth-order valence-electron chi connectivity index (χ4n) is 1.44. The van der Waals surface area contributed by atoms with Crippen LogP contribution in [0.25, 0.3) is 6.08 Å². The number of carbonyl (C=O) groups is 1. The Morgan fingerprint density at radius 2 is 2.10 bits per heavy atom. The highest BCUT2D eigenvalue weighted by atomic mass is 32.1. The van der Waals surface area contributed by atoms with E-state index in [1.807, 2.05) is 12.1 Å². The largest absolute Gasteiger partial charge is 0.348 e. The second kappa shape index (κ2) is 6.58. The molecule has 0 aliphatic carbocycles. The number of aromatic nitrogens is 1. The summed E-state index contributed by atoms with van der Waals surface area (Å²) < 4.78 is 0. The van der Waals surface area contributed by atoms with E-state index >= 15 is 0 Å². The van der Waals surface area contributed by atoms with Crippen LogP contribution in [0, 0.1) is 10.1 Å². The molecule has 1 N–H and O–H groups in total. The van der Waals surface area contributed by atoms with Crippen molar-refractivity contribution in [3.8, 4) is 0 Å². The first-order chi connectivity index (χ1) is 9.65. The second-order valence-corrected chi connectivity index (χ2v) is 4.93. The van der Waals surface area contributed by atoms with Gasteiger partial charge in [-0.2, -0.15) is 0 Å². The van der Waals surface area contributed by atoms with E-state index in [1.165, 1.54) is 12.1 Å². The van der Waals surface area contributed by atoms with Crippen molar-refractivity contribution in [1.29, 1.82) is 0 Å². The van der Waals surface area contributed by atoms with Crippen molar-refractivity contribution in [3.05, 3.63) is 63.3 Å². The zero-order valence-electron chi connectivity index (χ0n) is 10.4. The number of carbonyl (C=O) groups excluding carboxylic acids is 1. The van der Waals surface area contributed by atoms with Gasteiger partial charge in [0.2, 0.25) is 5.91 Å². The van der Waals surface area contributed by atoms with Crippen LogP contribution in [-0.2, 0) is 11.3 Å². The van der Waals surface area contributed by atoms with Crippen LogP contribution in [0.15, 0.2) is 42.7 Å². The van der Waals surface area contributed by atoms with Crippen LogP contribution >= 0.6 is 11.3 Å². The predicted octanol–water partition coefficient (Wildman–Crippen LogP) is 2.38. The number of pyridine rings is 1. The van der Waals surface area contributed by atoms with Gasteiger partial charge in [0.25, 0.3) is 0 Å². The number of nitro groups is 1. The zero-order valence-corrected chi connectivity index (χ0v) is 11.2. The molecule has 0 aromatic carbocycles. The van der Waals surface area contributed by atoms with Gasteiger partial charge < -0.3 is 5.32 Å². The average Bonchev–Trinajstić information content (AvgIpc) is 2.93. The number of hydrogen-bond donors (Lipinski definition) is 1. The lowest BCUT2D eigenvalue weighted by atomic mass is 10.3. The minimum Gasteiger partial charge on any atom is -0.348 e. The van der Waals surface area contributed by atoms with Crippen LogP contribution in [0.4, 0.5) is 5.00 Å². The molecule has 2 heterocycles. The summed E-state index contributed by atoms with van der Waals surface area (Å²) in [5.74, 6) is -0.252. The molecule has 0 saturated heterocycles. The molecule has 6 nitrogen and oxygen atoms in total. The van der Waals surface area contributed by atoms with Gasteiger partial charge >= 0.3 is 5.00 Å². The summed E-state index contributed by atoms with van der Waals surface area (Å²) in [7, 11) is 0. The highest BCUT2D eigenvalue weighted by Crippen LogP contribution is 2.24. The molecule has 0 unspecified atom stereocenters. The van der Waals surface area contributed by atoms with Crippen molar-refractivity contribution in [2.45, 2.75) is 6.54 Å². The van der Waals surface area contributed by atoms with Gasteiger partial charge in [-0.15, -0.1) is 0 Å². The smallest absolute Gasteiger partial charge is 0.324 e. The zero-order chi connectivity index (χ0) is 14.4. The fraction of sp³-hybridized carbons (Fsp3) is 0.0769. The Labute approximate surface area is 118 Å². The predicted molar refractivity (Wildman–Crippen MR) is 76.1 cm³/mol. The number of nitrogens with zero attached hydrogens (tertiary/aromatic N) is 2. The first kappa shape index (κ1) is 13.9. The van der Waals surface area contributed by atoms with Crippen LogP contribution in [0.2, 0.25) is 0 Å². The molecule has 1 amide bonds. The van der Waals surface area contributed by atoms with Crippen LogP contribution < -0.4 is 5.32 Å². The van der Waals surface area contributed by atoms with Crippen molar-refractivity contribution in [1.82, 2.24) is 10.3 Å². The van der Waals surface area contributed by atoms with Crippen LogP contribution in [0.5, 0.6) is 0 Å². The molecule has 7 heteroatoms. The molecule has 0 aliphatic heterocycles. The summed E-state index contributed by atoms with van der Waals surface area (Å²) in [4.78, 5) is 26.2.